The first-order valence-electron chi connectivity index (χ1n) is 1.03. The van der Waals surface area contributed by atoms with Gasteiger partial charge in [-0.1, -0.05) is 0 Å². The molecule has 7 heteroatoms. The van der Waals surface area contributed by atoms with E-state index in [1.165, 1.54) is 0 Å². The third-order valence-corrected chi connectivity index (χ3v) is 0. The summed E-state index contributed by atoms with van der Waals surface area (Å²) in [6.45, 7) is 0. The standard InChI is InChI=1S/CH4S.K.HO3P.H2O.H/c1-2;;1-4(2)3;;/h2H,1H3;;(H-,1,2,3);1H2;/q;+1;;;-1/p+1. The maximum absolute atomic E-state index is 8.70. The molecule has 0 spiro atoms. The van der Waals surface area contributed by atoms with Crippen LogP contribution in [0.2, 0.25) is 0 Å². The minimum Gasteiger partial charge on any atom is -1.00 e. The molecule has 0 amide bonds. The van der Waals surface area contributed by atoms with Crippen LogP contribution in [0.4, 0.5) is 0 Å². The Morgan fingerprint density at radius 2 is 1.50 bits per heavy atom. The van der Waals surface area contributed by atoms with Crippen LogP contribution in [0.1, 0.15) is 1.43 Å². The molecule has 0 heterocycles. The molecule has 0 aromatic rings. The van der Waals surface area contributed by atoms with E-state index in [9.17, 15) is 0 Å². The van der Waals surface area contributed by atoms with E-state index in [-0.39, 0.29) is 58.3 Å². The second kappa shape index (κ2) is 23.1. The number of hydrogen-bond donors (Lipinski definition) is 3. The minimum absolute atomic E-state index is 0. The Morgan fingerprint density at radius 1 is 1.50 bits per heavy atom. The number of thiol groups is 1. The summed E-state index contributed by atoms with van der Waals surface area (Å²) in [5, 5.41) is 0. The molecule has 4 nitrogen and oxygen atoms in total. The molecule has 0 aliphatic carbocycles. The van der Waals surface area contributed by atoms with Crippen molar-refractivity contribution in [3.63, 3.8) is 0 Å². The predicted octanol–water partition coefficient (Wildman–Crippen LogP) is -3.53. The molecule has 0 aliphatic heterocycles. The van der Waals surface area contributed by atoms with Gasteiger partial charge in [0.25, 0.3) is 0 Å². The fourth-order valence-electron chi connectivity index (χ4n) is 0. The quantitative estimate of drug-likeness (QED) is 0.208. The van der Waals surface area contributed by atoms with E-state index in [0.29, 0.717) is 0 Å². The van der Waals surface area contributed by atoms with Gasteiger partial charge in [-0.3, -0.25) is 0 Å². The van der Waals surface area contributed by atoms with Gasteiger partial charge in [0.2, 0.25) is 0 Å². The third-order valence-electron chi connectivity index (χ3n) is 0. The summed E-state index contributed by atoms with van der Waals surface area (Å²) < 4.78 is 8.70. The van der Waals surface area contributed by atoms with Crippen LogP contribution in [0.25, 0.3) is 0 Å². The molecule has 0 fully saturated rings. The van der Waals surface area contributed by atoms with Crippen LogP contribution >= 0.6 is 20.9 Å². The van der Waals surface area contributed by atoms with Crippen LogP contribution in [0.5, 0.6) is 0 Å². The van der Waals surface area contributed by atoms with Crippen LogP contribution in [-0.2, 0) is 4.57 Å². The average molecular weight is 187 g/mol. The van der Waals surface area contributed by atoms with Crippen LogP contribution in [-0.4, -0.2) is 21.5 Å². The van der Waals surface area contributed by atoms with Gasteiger partial charge in [-0.15, -0.1) is 9.79 Å². The average Bonchev–Trinajstić information content (AvgIpc) is 1.41. The summed E-state index contributed by atoms with van der Waals surface area (Å²) in [6.07, 6.45) is 1.69. The van der Waals surface area contributed by atoms with Gasteiger partial charge in [-0.05, 0) is 6.26 Å². The van der Waals surface area contributed by atoms with Crippen molar-refractivity contribution in [3.05, 3.63) is 0 Å². The molecule has 0 saturated heterocycles. The SMILES string of the molecule is CS.O.O=[P+](O)O.[H-].[K+]. The predicted molar refractivity (Wildman–Crippen MR) is 31.7 cm³/mol. The zero-order valence-corrected chi connectivity index (χ0v) is 9.61. The van der Waals surface area contributed by atoms with Crippen LogP contribution < -0.4 is 51.4 Å². The number of hydrogen-bond acceptors (Lipinski definition) is 2. The van der Waals surface area contributed by atoms with E-state index in [1.807, 2.05) is 0 Å². The molecule has 0 aromatic heterocycles. The van der Waals surface area contributed by atoms with Gasteiger partial charge in [0.05, 0.1) is 0 Å². The topological polar surface area (TPSA) is 89.0 Å². The molecule has 4 N–H and O–H groups in total. The smallest absolute Gasteiger partial charge is 1.00 e. The Balaban J connectivity index is -0.00000000990. The van der Waals surface area contributed by atoms with E-state index in [2.05, 4.69) is 12.6 Å². The van der Waals surface area contributed by atoms with Gasteiger partial charge < -0.3 is 6.90 Å². The van der Waals surface area contributed by atoms with Crippen molar-refractivity contribution in [1.82, 2.24) is 0 Å². The van der Waals surface area contributed by atoms with Gasteiger partial charge in [0, 0.05) is 4.57 Å². The summed E-state index contributed by atoms with van der Waals surface area (Å²) in [5.41, 5.74) is 0. The van der Waals surface area contributed by atoms with Gasteiger partial charge in [-0.25, -0.2) is 0 Å². The Morgan fingerprint density at radius 3 is 1.50 bits per heavy atom. The summed E-state index contributed by atoms with van der Waals surface area (Å²) in [4.78, 5) is 14.2. The molecule has 0 unspecified atom stereocenters. The Labute approximate surface area is 98.3 Å². The normalized spacial score (nSPS) is 4.00. The zero-order chi connectivity index (χ0) is 5.58. The van der Waals surface area contributed by atoms with Crippen molar-refractivity contribution in [3.8, 4) is 0 Å². The first kappa shape index (κ1) is 22.5. The summed E-state index contributed by atoms with van der Waals surface area (Å²) in [7, 11) is -2.87. The van der Waals surface area contributed by atoms with E-state index in [1.54, 1.807) is 6.26 Å². The second-order valence-electron chi connectivity index (χ2n) is 0.253. The van der Waals surface area contributed by atoms with Gasteiger partial charge in [-0.2, -0.15) is 12.6 Å². The van der Waals surface area contributed by atoms with Crippen molar-refractivity contribution in [2.45, 2.75) is 0 Å². The largest absolute Gasteiger partial charge is 1.00 e. The first-order valence-corrected chi connectivity index (χ1v) is 3.09. The van der Waals surface area contributed by atoms with Crippen molar-refractivity contribution in [1.29, 1.82) is 0 Å². The minimum atomic E-state index is -2.87. The summed E-state index contributed by atoms with van der Waals surface area (Å²) in [6, 6.07) is 0. The summed E-state index contributed by atoms with van der Waals surface area (Å²) in [5.74, 6) is 0. The van der Waals surface area contributed by atoms with Crippen LogP contribution in [0.15, 0.2) is 0 Å². The summed E-state index contributed by atoms with van der Waals surface area (Å²) >= 11 is 3.53. The van der Waals surface area contributed by atoms with Gasteiger partial charge in [0.15, 0.2) is 0 Å². The molecule has 0 aliphatic rings. The van der Waals surface area contributed by atoms with Gasteiger partial charge in [0.1, 0.15) is 0 Å². The molecule has 0 radical (unpaired) electrons. The first-order chi connectivity index (χ1) is 2.73. The maximum Gasteiger partial charge on any atom is 1.00 e. The molecular formula is CH9KO4PS+. The molecular weight excluding hydrogens is 178 g/mol. The second-order valence-corrected chi connectivity index (χ2v) is 0.758. The van der Waals surface area contributed by atoms with Crippen LogP contribution in [0, 0.1) is 0 Å². The molecule has 0 aromatic carbocycles. The maximum atomic E-state index is 8.70. The fourth-order valence-corrected chi connectivity index (χ4v) is 0. The Hall–Kier alpha value is 1.97. The molecule has 48 valence electrons. The molecule has 0 bridgehead atoms. The van der Waals surface area contributed by atoms with Crippen molar-refractivity contribution >= 4 is 20.9 Å². The van der Waals surface area contributed by atoms with E-state index >= 15 is 0 Å². The third kappa shape index (κ3) is 100.0. The zero-order valence-electron chi connectivity index (χ0n) is 5.70. The van der Waals surface area contributed by atoms with Crippen molar-refractivity contribution in [2.24, 2.45) is 0 Å². The fraction of sp³-hybridized carbons (Fsp3) is 1.00. The van der Waals surface area contributed by atoms with Crippen molar-refractivity contribution < 1.29 is 72.6 Å². The monoisotopic (exact) mass is 187 g/mol. The van der Waals surface area contributed by atoms with E-state index in [0.717, 1.165) is 0 Å². The van der Waals surface area contributed by atoms with Gasteiger partial charge >= 0.3 is 59.6 Å². The Kier molecular flexibility index (Phi) is 64.9. The molecule has 8 heavy (non-hydrogen) atoms. The van der Waals surface area contributed by atoms with Crippen molar-refractivity contribution in [2.75, 3.05) is 6.26 Å². The van der Waals surface area contributed by atoms with E-state index in [4.69, 9.17) is 14.4 Å². The van der Waals surface area contributed by atoms with Crippen LogP contribution in [0.3, 0.4) is 0 Å². The molecule has 0 atom stereocenters. The number of rotatable bonds is 0. The molecule has 0 saturated carbocycles. The molecule has 0 rings (SSSR count). The van der Waals surface area contributed by atoms with E-state index < -0.39 is 8.25 Å². The Bertz CT molecular complexity index is 43.5.